The molecule has 3 unspecified atom stereocenters. The van der Waals surface area contributed by atoms with Crippen LogP contribution in [0.1, 0.15) is 29.5 Å². The van der Waals surface area contributed by atoms with E-state index in [2.05, 4.69) is 96.3 Å². The van der Waals surface area contributed by atoms with Crippen molar-refractivity contribution in [1.29, 1.82) is 0 Å². The smallest absolute Gasteiger partial charge is 0.0560 e. The van der Waals surface area contributed by atoms with E-state index < -0.39 is 0 Å². The van der Waals surface area contributed by atoms with E-state index in [9.17, 15) is 0 Å². The summed E-state index contributed by atoms with van der Waals surface area (Å²) in [5.74, 6) is 1.05. The van der Waals surface area contributed by atoms with Crippen LogP contribution in [0.25, 0.3) is 21.5 Å². The molecule has 1 N–H and O–H groups in total. The first-order chi connectivity index (χ1) is 13.4. The van der Waals surface area contributed by atoms with Gasteiger partial charge in [-0.2, -0.15) is 0 Å². The first-order valence-corrected chi connectivity index (χ1v) is 9.83. The van der Waals surface area contributed by atoms with Crippen LogP contribution in [0.3, 0.4) is 0 Å². The largest absolute Gasteiger partial charge is 0.378 e. The second kappa shape index (κ2) is 5.72. The molecular formula is C26H21N. The van der Waals surface area contributed by atoms with E-state index in [1.807, 2.05) is 0 Å². The molecule has 27 heavy (non-hydrogen) atoms. The standard InChI is InChI=1S/C26H21N/c1-3-10-19-17(7-1)9-5-13-22(19)26-23-14-6-12-21(23)25-20-11-4-2-8-18(20)15-16-24(25)27-26/h1-13,15-16,21,23,26-27H,14H2. The lowest BCUT2D eigenvalue weighted by Crippen LogP contribution is -2.29. The fourth-order valence-corrected chi connectivity index (χ4v) is 5.21. The van der Waals surface area contributed by atoms with Gasteiger partial charge in [0.15, 0.2) is 0 Å². The van der Waals surface area contributed by atoms with Gasteiger partial charge in [0.1, 0.15) is 0 Å². The maximum absolute atomic E-state index is 3.93. The van der Waals surface area contributed by atoms with Crippen molar-refractivity contribution >= 4 is 27.2 Å². The number of allylic oxidation sites excluding steroid dienone is 2. The molecule has 130 valence electrons. The van der Waals surface area contributed by atoms with Gasteiger partial charge in [-0.25, -0.2) is 0 Å². The van der Waals surface area contributed by atoms with Gasteiger partial charge in [-0.1, -0.05) is 84.9 Å². The Bertz CT molecular complexity index is 1200. The van der Waals surface area contributed by atoms with Gasteiger partial charge in [-0.15, -0.1) is 0 Å². The van der Waals surface area contributed by atoms with Crippen LogP contribution in [0.2, 0.25) is 0 Å². The van der Waals surface area contributed by atoms with E-state index in [-0.39, 0.29) is 0 Å². The number of benzene rings is 4. The highest BCUT2D eigenvalue weighted by Crippen LogP contribution is 2.52. The number of anilines is 1. The van der Waals surface area contributed by atoms with Crippen LogP contribution in [0.5, 0.6) is 0 Å². The number of hydrogen-bond acceptors (Lipinski definition) is 1. The molecular weight excluding hydrogens is 326 g/mol. The Kier molecular flexibility index (Phi) is 3.19. The van der Waals surface area contributed by atoms with Gasteiger partial charge >= 0.3 is 0 Å². The third-order valence-electron chi connectivity index (χ3n) is 6.41. The molecule has 1 heteroatoms. The second-order valence-electron chi connectivity index (χ2n) is 7.79. The van der Waals surface area contributed by atoms with Crippen molar-refractivity contribution in [3.63, 3.8) is 0 Å². The number of hydrogen-bond donors (Lipinski definition) is 1. The monoisotopic (exact) mass is 347 g/mol. The summed E-state index contributed by atoms with van der Waals surface area (Å²) >= 11 is 0. The predicted octanol–water partition coefficient (Wildman–Crippen LogP) is 6.82. The second-order valence-corrected chi connectivity index (χ2v) is 7.79. The first-order valence-electron chi connectivity index (χ1n) is 9.83. The van der Waals surface area contributed by atoms with Gasteiger partial charge in [0.05, 0.1) is 6.04 Å². The fourth-order valence-electron chi connectivity index (χ4n) is 5.21. The SMILES string of the molecule is C1=CC2c3c(ccc4ccccc34)NC(c3cccc4ccccc34)C2C1. The third kappa shape index (κ3) is 2.18. The molecule has 1 heterocycles. The summed E-state index contributed by atoms with van der Waals surface area (Å²) < 4.78 is 0. The molecule has 6 rings (SSSR count). The Balaban J connectivity index is 1.57. The lowest BCUT2D eigenvalue weighted by molar-refractivity contribution is 0.429. The van der Waals surface area contributed by atoms with Crippen LogP contribution in [-0.4, -0.2) is 0 Å². The molecule has 4 aromatic rings. The lowest BCUT2D eigenvalue weighted by Gasteiger charge is -2.38. The van der Waals surface area contributed by atoms with Crippen molar-refractivity contribution in [1.82, 2.24) is 0 Å². The van der Waals surface area contributed by atoms with Crippen molar-refractivity contribution < 1.29 is 0 Å². The van der Waals surface area contributed by atoms with Crippen LogP contribution in [-0.2, 0) is 0 Å². The van der Waals surface area contributed by atoms with E-state index in [4.69, 9.17) is 0 Å². The lowest BCUT2D eigenvalue weighted by atomic mass is 9.75. The zero-order valence-corrected chi connectivity index (χ0v) is 15.1. The molecule has 4 aromatic carbocycles. The quantitative estimate of drug-likeness (QED) is 0.373. The summed E-state index contributed by atoms with van der Waals surface area (Å²) in [6.07, 6.45) is 5.95. The molecule has 0 saturated carbocycles. The average molecular weight is 347 g/mol. The van der Waals surface area contributed by atoms with Crippen LogP contribution in [0.4, 0.5) is 5.69 Å². The van der Waals surface area contributed by atoms with Crippen molar-refractivity contribution in [3.05, 3.63) is 102 Å². The maximum atomic E-state index is 3.93. The van der Waals surface area contributed by atoms with Gasteiger partial charge in [0.25, 0.3) is 0 Å². The van der Waals surface area contributed by atoms with Gasteiger partial charge < -0.3 is 5.32 Å². The summed E-state index contributed by atoms with van der Waals surface area (Å²) in [7, 11) is 0. The molecule has 1 aliphatic carbocycles. The topological polar surface area (TPSA) is 12.0 Å². The van der Waals surface area contributed by atoms with Gasteiger partial charge in [-0.05, 0) is 51.1 Å². The van der Waals surface area contributed by atoms with E-state index >= 15 is 0 Å². The number of rotatable bonds is 1. The Labute approximate surface area is 159 Å². The summed E-state index contributed by atoms with van der Waals surface area (Å²) in [5, 5.41) is 9.34. The molecule has 2 aliphatic rings. The Morgan fingerprint density at radius 1 is 0.704 bits per heavy atom. The van der Waals surface area contributed by atoms with E-state index in [0.29, 0.717) is 17.9 Å². The maximum Gasteiger partial charge on any atom is 0.0560 e. The highest BCUT2D eigenvalue weighted by atomic mass is 15.0. The molecule has 0 bridgehead atoms. The molecule has 3 atom stereocenters. The summed E-state index contributed by atoms with van der Waals surface area (Å²) in [5.41, 5.74) is 4.19. The molecule has 0 radical (unpaired) electrons. The fraction of sp³-hybridized carbons (Fsp3) is 0.154. The van der Waals surface area contributed by atoms with Crippen LogP contribution in [0, 0.1) is 5.92 Å². The van der Waals surface area contributed by atoms with Crippen LogP contribution >= 0.6 is 0 Å². The van der Waals surface area contributed by atoms with Crippen LogP contribution in [0.15, 0.2) is 91.0 Å². The van der Waals surface area contributed by atoms with Crippen molar-refractivity contribution in [2.75, 3.05) is 5.32 Å². The average Bonchev–Trinajstić information content (AvgIpc) is 3.22. The number of fused-ring (bicyclic) bond motifs is 6. The van der Waals surface area contributed by atoms with Gasteiger partial charge in [0.2, 0.25) is 0 Å². The minimum Gasteiger partial charge on any atom is -0.378 e. The molecule has 1 nitrogen and oxygen atoms in total. The highest BCUT2D eigenvalue weighted by molar-refractivity contribution is 5.92. The first kappa shape index (κ1) is 15.0. The third-order valence-corrected chi connectivity index (χ3v) is 6.41. The Morgan fingerprint density at radius 2 is 1.44 bits per heavy atom. The van der Waals surface area contributed by atoms with Crippen LogP contribution < -0.4 is 5.32 Å². The minimum atomic E-state index is 0.338. The molecule has 0 saturated heterocycles. The molecule has 1 aliphatic heterocycles. The van der Waals surface area contributed by atoms with E-state index in [0.717, 1.165) is 6.42 Å². The predicted molar refractivity (Wildman–Crippen MR) is 114 cm³/mol. The summed E-state index contributed by atoms with van der Waals surface area (Å²) in [6.45, 7) is 0. The number of nitrogens with one attached hydrogen (secondary N) is 1. The molecule has 0 aromatic heterocycles. The molecule has 0 fully saturated rings. The van der Waals surface area contributed by atoms with Crippen molar-refractivity contribution in [2.45, 2.75) is 18.4 Å². The molecule has 0 spiro atoms. The van der Waals surface area contributed by atoms with Gasteiger partial charge in [0, 0.05) is 11.6 Å². The Morgan fingerprint density at radius 3 is 2.33 bits per heavy atom. The highest BCUT2D eigenvalue weighted by Gasteiger charge is 2.39. The van der Waals surface area contributed by atoms with E-state index in [1.165, 1.54) is 38.4 Å². The minimum absolute atomic E-state index is 0.338. The molecule has 0 amide bonds. The van der Waals surface area contributed by atoms with Gasteiger partial charge in [-0.3, -0.25) is 0 Å². The van der Waals surface area contributed by atoms with E-state index in [1.54, 1.807) is 0 Å². The summed E-state index contributed by atoms with van der Waals surface area (Å²) in [6, 6.07) is 29.1. The normalized spacial score (nSPS) is 23.2. The zero-order chi connectivity index (χ0) is 17.8. The zero-order valence-electron chi connectivity index (χ0n) is 15.1. The van der Waals surface area contributed by atoms with Crippen molar-refractivity contribution in [3.8, 4) is 0 Å². The Hall–Kier alpha value is -3.06. The van der Waals surface area contributed by atoms with Crippen molar-refractivity contribution in [2.24, 2.45) is 5.92 Å². The summed E-state index contributed by atoms with van der Waals surface area (Å²) in [4.78, 5) is 0.